The predicted molar refractivity (Wildman–Crippen MR) is 224 cm³/mol. The Hall–Kier alpha value is -0.900. The van der Waals surface area contributed by atoms with Crippen LogP contribution in [0.25, 0.3) is 0 Å². The lowest BCUT2D eigenvalue weighted by atomic mass is 9.33. The molecule has 3 aliphatic heterocycles. The molecule has 5 aliphatic carbocycles. The van der Waals surface area contributed by atoms with Gasteiger partial charge in [-0.25, -0.2) is 0 Å². The van der Waals surface area contributed by atoms with Gasteiger partial charge < -0.3 is 79.5 Å². The molecule has 0 unspecified atom stereocenters. The summed E-state index contributed by atoms with van der Waals surface area (Å²) in [5.41, 5.74) is 0.487. The summed E-state index contributed by atoms with van der Waals surface area (Å²) in [7, 11) is 0. The summed E-state index contributed by atoms with van der Waals surface area (Å²) in [6, 6.07) is 0. The van der Waals surface area contributed by atoms with Crippen molar-refractivity contribution in [2.75, 3.05) is 19.8 Å². The molecule has 0 aromatic rings. The van der Waals surface area contributed by atoms with E-state index in [1.807, 2.05) is 0 Å². The predicted octanol–water partition coefficient (Wildman–Crippen LogP) is 1.25. The number of allylic oxidation sites excluding steroid dienone is 2. The number of fused-ring (bicyclic) bond motifs is 7. The third kappa shape index (κ3) is 7.55. The fourth-order valence-electron chi connectivity index (χ4n) is 14.8. The minimum Gasteiger partial charge on any atom is -0.396 e. The highest BCUT2D eigenvalue weighted by Gasteiger charge is 2.69. The Morgan fingerprint density at radius 1 is 0.651 bits per heavy atom. The van der Waals surface area contributed by atoms with E-state index >= 15 is 0 Å². The molecule has 8 rings (SSSR count). The van der Waals surface area contributed by atoms with Gasteiger partial charge in [0, 0.05) is 10.8 Å². The van der Waals surface area contributed by atoms with Crippen LogP contribution in [0.2, 0.25) is 0 Å². The van der Waals surface area contributed by atoms with Gasteiger partial charge in [0.1, 0.15) is 61.0 Å². The molecule has 0 aromatic carbocycles. The molecule has 3 heterocycles. The smallest absolute Gasteiger partial charge is 0.187 e. The maximum absolute atomic E-state index is 11.6. The quantitative estimate of drug-likeness (QED) is 0.122. The molecule has 16 nitrogen and oxygen atoms in total. The van der Waals surface area contributed by atoms with E-state index in [2.05, 4.69) is 54.5 Å². The van der Waals surface area contributed by atoms with Gasteiger partial charge in [-0.3, -0.25) is 0 Å². The van der Waals surface area contributed by atoms with Gasteiger partial charge >= 0.3 is 0 Å². The Bertz CT molecular complexity index is 1680. The molecule has 0 amide bonds. The van der Waals surface area contributed by atoms with Crippen LogP contribution in [0, 0.1) is 50.2 Å². The van der Waals surface area contributed by atoms with E-state index in [-0.39, 0.29) is 52.3 Å². The Kier molecular flexibility index (Phi) is 13.1. The summed E-state index contributed by atoms with van der Waals surface area (Å²) in [6.45, 7) is 16.6. The number of hydrogen-bond donors (Lipinski definition) is 10. The Balaban J connectivity index is 1.04. The molecule has 16 heteroatoms. The second-order valence-electron chi connectivity index (χ2n) is 23.1. The first kappa shape index (κ1) is 48.6. The van der Waals surface area contributed by atoms with Crippen LogP contribution in [0.15, 0.2) is 11.6 Å². The molecule has 0 spiro atoms. The zero-order valence-corrected chi connectivity index (χ0v) is 38.5. The number of aliphatic hydroxyl groups is 10. The molecule has 8 aliphatic rings. The van der Waals surface area contributed by atoms with E-state index < -0.39 is 104 Å². The van der Waals surface area contributed by atoms with Gasteiger partial charge in [-0.05, 0) is 104 Å². The van der Waals surface area contributed by atoms with E-state index in [9.17, 15) is 51.1 Å². The van der Waals surface area contributed by atoms with Crippen molar-refractivity contribution < 1.29 is 79.5 Å². The molecule has 10 N–H and O–H groups in total. The highest BCUT2D eigenvalue weighted by atomic mass is 16.8. The summed E-state index contributed by atoms with van der Waals surface area (Å²) in [5.74, 6) is 0.703. The van der Waals surface area contributed by atoms with Gasteiger partial charge in [0.2, 0.25) is 0 Å². The highest BCUT2D eigenvalue weighted by Crippen LogP contribution is 2.76. The standard InChI is InChI=1S/C47H78O16/c1-22-31(52)34(55)36(57)39(59-22)62-38-35(56)33(54)26(19-48)60-41(38)63-37-32(53)25(50)20-58-40(37)61-30-12-13-44(5)27(45(30,6)21-49)11-14-47(8)28(44)10-9-23-24-17-42(2,3)18-29(51)43(24,4)15-16-46(23,47)7/h9,22,24-41,48-57H,10-21H2,1-8H3/t22-,24-,25+,26+,27+,28+,29+,30-,31-,32-,33-,34+,35-,36+,37+,38+,39-,40-,41-,43+,44-,45+,46+,47+/m0/s1. The Morgan fingerprint density at radius 3 is 2.02 bits per heavy atom. The molecule has 7 fully saturated rings. The van der Waals surface area contributed by atoms with Gasteiger partial charge in [0.05, 0.1) is 38.1 Å². The zero-order valence-electron chi connectivity index (χ0n) is 38.5. The second-order valence-corrected chi connectivity index (χ2v) is 23.1. The van der Waals surface area contributed by atoms with Crippen molar-refractivity contribution in [3.05, 3.63) is 11.6 Å². The summed E-state index contributed by atoms with van der Waals surface area (Å²) in [6.07, 6.45) is -11.9. The largest absolute Gasteiger partial charge is 0.396 e. The first-order valence-corrected chi connectivity index (χ1v) is 23.7. The number of ether oxygens (including phenoxy) is 6. The lowest BCUT2D eigenvalue weighted by molar-refractivity contribution is -0.392. The molecule has 4 saturated carbocycles. The maximum Gasteiger partial charge on any atom is 0.187 e. The number of rotatable bonds is 8. The van der Waals surface area contributed by atoms with Crippen molar-refractivity contribution >= 4 is 0 Å². The lowest BCUT2D eigenvalue weighted by Crippen LogP contribution is -2.67. The molecule has 3 saturated heterocycles. The third-order valence-electron chi connectivity index (χ3n) is 19.1. The summed E-state index contributed by atoms with van der Waals surface area (Å²) < 4.78 is 36.6. The summed E-state index contributed by atoms with van der Waals surface area (Å²) >= 11 is 0. The van der Waals surface area contributed by atoms with Crippen molar-refractivity contribution in [3.63, 3.8) is 0 Å². The van der Waals surface area contributed by atoms with Gasteiger partial charge in [-0.1, -0.05) is 60.1 Å². The lowest BCUT2D eigenvalue weighted by Gasteiger charge is -2.72. The van der Waals surface area contributed by atoms with Crippen molar-refractivity contribution in [3.8, 4) is 0 Å². The van der Waals surface area contributed by atoms with Crippen LogP contribution < -0.4 is 0 Å². The fraction of sp³-hybridized carbons (Fsp3) is 0.957. The second kappa shape index (κ2) is 17.0. The molecular weight excluding hydrogens is 821 g/mol. The SMILES string of the molecule is C[C@@H]1O[C@@H](O[C@H]2[C@H](O[C@H]3[C@H](O[C@H]4CC[C@@]5(C)[C@@H](CC[C@]6(C)[C@@H]5CC=C5[C@@H]7CC(C)(C)C[C@@H](O)[C@]7(C)CC[C@]56C)[C@@]4(C)CO)OC[C@@H](O)[C@@H]3O)O[C@H](CO)[C@H](O)[C@@H]2O)[C@H](O)[C@H](O)[C@H]1O. The molecule has 24 atom stereocenters. The first-order chi connectivity index (χ1) is 29.4. The summed E-state index contributed by atoms with van der Waals surface area (Å²) in [4.78, 5) is 0. The highest BCUT2D eigenvalue weighted by molar-refractivity contribution is 5.34. The van der Waals surface area contributed by atoms with E-state index in [1.165, 1.54) is 6.92 Å². The minimum atomic E-state index is -1.81. The first-order valence-electron chi connectivity index (χ1n) is 23.7. The van der Waals surface area contributed by atoms with Crippen LogP contribution in [-0.2, 0) is 28.4 Å². The van der Waals surface area contributed by atoms with Gasteiger partial charge in [-0.15, -0.1) is 0 Å². The molecule has 63 heavy (non-hydrogen) atoms. The number of hydrogen-bond acceptors (Lipinski definition) is 16. The van der Waals surface area contributed by atoms with Gasteiger partial charge in [-0.2, -0.15) is 0 Å². The van der Waals surface area contributed by atoms with Crippen LogP contribution >= 0.6 is 0 Å². The maximum atomic E-state index is 11.6. The van der Waals surface area contributed by atoms with Crippen molar-refractivity contribution in [1.82, 2.24) is 0 Å². The molecule has 0 bridgehead atoms. The topological polar surface area (TPSA) is 258 Å². The molecule has 362 valence electrons. The third-order valence-corrected chi connectivity index (χ3v) is 19.1. The van der Waals surface area contributed by atoms with E-state index in [4.69, 9.17) is 28.4 Å². The van der Waals surface area contributed by atoms with Crippen LogP contribution in [0.1, 0.15) is 113 Å². The van der Waals surface area contributed by atoms with Gasteiger partial charge in [0.15, 0.2) is 18.9 Å². The average Bonchev–Trinajstić information content (AvgIpc) is 3.23. The normalized spacial score (nSPS) is 56.9. The summed E-state index contributed by atoms with van der Waals surface area (Å²) in [5, 5.41) is 109. The molecular formula is C47H78O16. The van der Waals surface area contributed by atoms with Crippen molar-refractivity contribution in [2.24, 2.45) is 50.2 Å². The van der Waals surface area contributed by atoms with Crippen LogP contribution in [-0.4, -0.2) is 169 Å². The van der Waals surface area contributed by atoms with E-state index in [0.717, 1.165) is 51.4 Å². The van der Waals surface area contributed by atoms with E-state index in [1.54, 1.807) is 5.57 Å². The zero-order chi connectivity index (χ0) is 46.0. The van der Waals surface area contributed by atoms with Crippen LogP contribution in [0.4, 0.5) is 0 Å². The van der Waals surface area contributed by atoms with Crippen molar-refractivity contribution in [2.45, 2.75) is 211 Å². The Morgan fingerprint density at radius 2 is 1.33 bits per heavy atom. The van der Waals surface area contributed by atoms with Crippen LogP contribution in [0.5, 0.6) is 0 Å². The monoisotopic (exact) mass is 899 g/mol. The van der Waals surface area contributed by atoms with E-state index in [0.29, 0.717) is 18.3 Å². The van der Waals surface area contributed by atoms with Crippen LogP contribution in [0.3, 0.4) is 0 Å². The minimum absolute atomic E-state index is 0.0102. The van der Waals surface area contributed by atoms with Crippen molar-refractivity contribution in [1.29, 1.82) is 0 Å². The van der Waals surface area contributed by atoms with Gasteiger partial charge in [0.25, 0.3) is 0 Å². The fourth-order valence-corrected chi connectivity index (χ4v) is 14.8. The molecule has 0 radical (unpaired) electrons. The molecule has 0 aromatic heterocycles. The average molecular weight is 899 g/mol. The Labute approximate surface area is 371 Å². The number of aliphatic hydroxyl groups excluding tert-OH is 10.